The average molecular weight is 1130 g/mol. The number of aliphatic hydroxyl groups excluding tert-OH is 2. The van der Waals surface area contributed by atoms with E-state index in [4.69, 9.17) is 36.8 Å². The van der Waals surface area contributed by atoms with Gasteiger partial charge in [0.05, 0.1) is 63.4 Å². The molecule has 2 aliphatic rings. The van der Waals surface area contributed by atoms with Crippen LogP contribution in [0.5, 0.6) is 0 Å². The maximum atomic E-state index is 13.1. The summed E-state index contributed by atoms with van der Waals surface area (Å²) in [5.41, 5.74) is 3.09. The molecule has 6 aromatic rings. The van der Waals surface area contributed by atoms with Crippen molar-refractivity contribution in [3.8, 4) is 0 Å². The summed E-state index contributed by atoms with van der Waals surface area (Å²) in [5, 5.41) is 22.4. The minimum Gasteiger partial charge on any atom is -0.458 e. The molecule has 0 saturated carbocycles. The van der Waals surface area contributed by atoms with Crippen molar-refractivity contribution in [1.29, 1.82) is 0 Å². The Bertz CT molecular complexity index is 3100. The molecule has 0 radical (unpaired) electrons. The molecule has 2 N–H and O–H groups in total. The van der Waals surface area contributed by atoms with E-state index in [-0.39, 0.29) is 42.8 Å². The third kappa shape index (κ3) is 18.3. The van der Waals surface area contributed by atoms with Gasteiger partial charge in [-0.05, 0) is 84.6 Å². The summed E-state index contributed by atoms with van der Waals surface area (Å²) in [4.78, 5) is 50.9. The van der Waals surface area contributed by atoms with Crippen molar-refractivity contribution in [2.75, 3.05) is 19.0 Å². The highest BCUT2D eigenvalue weighted by atomic mass is 32.2. The van der Waals surface area contributed by atoms with E-state index >= 15 is 0 Å². The lowest BCUT2D eigenvalue weighted by Gasteiger charge is -2.23. The van der Waals surface area contributed by atoms with E-state index in [1.165, 1.54) is 12.1 Å². The maximum absolute atomic E-state index is 13.1. The molecule has 0 spiro atoms. The van der Waals surface area contributed by atoms with Crippen LogP contribution in [0, 0.1) is 5.92 Å². The van der Waals surface area contributed by atoms with E-state index < -0.39 is 93.9 Å². The van der Waals surface area contributed by atoms with Crippen LogP contribution in [0.2, 0.25) is 0 Å². The number of hydrogen-bond acceptors (Lipinski definition) is 16. The van der Waals surface area contributed by atoms with Gasteiger partial charge in [-0.2, -0.15) is 8.42 Å². The van der Waals surface area contributed by atoms with Gasteiger partial charge in [0.25, 0.3) is 0 Å². The molecule has 80 heavy (non-hydrogen) atoms. The van der Waals surface area contributed by atoms with Crippen molar-refractivity contribution in [3.63, 3.8) is 0 Å². The van der Waals surface area contributed by atoms with Crippen LogP contribution in [0.4, 0.5) is 0 Å². The Morgan fingerprint density at radius 2 is 0.925 bits per heavy atom. The van der Waals surface area contributed by atoms with Crippen LogP contribution in [-0.4, -0.2) is 119 Å². The van der Waals surface area contributed by atoms with E-state index in [9.17, 15) is 37.8 Å². The molecule has 418 valence electrons. The zero-order valence-corrected chi connectivity index (χ0v) is 45.2. The van der Waals surface area contributed by atoms with Crippen LogP contribution in [0.15, 0.2) is 218 Å². The smallest absolute Gasteiger partial charge is 0.338 e. The molecule has 0 aromatic heterocycles. The second kappa shape index (κ2) is 31.6. The van der Waals surface area contributed by atoms with Gasteiger partial charge >= 0.3 is 35.4 Å². The van der Waals surface area contributed by atoms with Crippen molar-refractivity contribution >= 4 is 51.4 Å². The first-order valence-corrected chi connectivity index (χ1v) is 27.9. The Morgan fingerprint density at radius 1 is 0.537 bits per heavy atom. The van der Waals surface area contributed by atoms with E-state index in [0.717, 1.165) is 11.1 Å². The lowest BCUT2D eigenvalue weighted by molar-refractivity contribution is -0.0450. The van der Waals surface area contributed by atoms with E-state index in [0.29, 0.717) is 35.1 Å². The van der Waals surface area contributed by atoms with Gasteiger partial charge in [0.2, 0.25) is 0 Å². The summed E-state index contributed by atoms with van der Waals surface area (Å²) < 4.78 is 77.4. The molecule has 18 heteroatoms. The number of aliphatic hydroxyl groups is 2. The van der Waals surface area contributed by atoms with Crippen molar-refractivity contribution in [2.24, 2.45) is 5.92 Å². The van der Waals surface area contributed by atoms with Gasteiger partial charge < -0.3 is 38.6 Å². The summed E-state index contributed by atoms with van der Waals surface area (Å²) in [6.45, 7) is 7.09. The summed E-state index contributed by atoms with van der Waals surface area (Å²) >= 11 is -0.750. The molecule has 0 bridgehead atoms. The molecule has 0 aliphatic carbocycles. The monoisotopic (exact) mass is 1130 g/mol. The number of hydrogen-bond donors (Lipinski definition) is 2. The topological polar surface area (TPSA) is 232 Å². The minimum absolute atomic E-state index is 0.0165. The Hall–Kier alpha value is -7.97. The molecule has 2 saturated heterocycles. The summed E-state index contributed by atoms with van der Waals surface area (Å²) in [5.74, 6) is -3.36. The van der Waals surface area contributed by atoms with Gasteiger partial charge in [-0.25, -0.2) is 27.6 Å². The van der Waals surface area contributed by atoms with Gasteiger partial charge in [0, 0.05) is 18.8 Å². The standard InChI is InChI=1S/C31H32O8S.C31H30O6.O2S/c1-2-12-27-26(21-40(35,36)25-17-10-5-11-18-25)29(32)28(39-27)19-24(38-31(34)23-15-8-4-9-16-23)20-37-30(33)22-13-6-3-7-14-22;1-2-12-27-26(19-22-13-6-3-7-14-22)29(32)28(37-27)20-25(36-31(34)24-17-10-5-11-18-24)21-35-30(33)23-15-8-4-9-16-23;1-3-2/h2-11,13-18,24,26-29,32H,1,12,19-21H2;2-11,13-19,25,27-29,32H,1,12,20-21H2;/b;26-19-;/t24-,26?,27-,28+,29+;25-,27-,28+,29+;/m00./s1. The minimum atomic E-state index is -3.72. The second-order valence-corrected chi connectivity index (χ2v) is 20.6. The van der Waals surface area contributed by atoms with Crippen LogP contribution in [-0.2, 0) is 49.8 Å². The van der Waals surface area contributed by atoms with E-state index in [1.807, 2.05) is 36.4 Å². The Kier molecular flexibility index (Phi) is 24.2. The number of carbonyl (C=O) groups excluding carboxylic acids is 4. The number of esters is 4. The zero-order valence-electron chi connectivity index (χ0n) is 43.5. The van der Waals surface area contributed by atoms with Crippen LogP contribution >= 0.6 is 0 Å². The third-order valence-electron chi connectivity index (χ3n) is 12.9. The average Bonchev–Trinajstić information content (AvgIpc) is 3.95. The normalized spacial score (nSPS) is 20.4. The van der Waals surface area contributed by atoms with Crippen LogP contribution < -0.4 is 0 Å². The van der Waals surface area contributed by atoms with Gasteiger partial charge in [0.15, 0.2) is 9.84 Å². The zero-order chi connectivity index (χ0) is 57.3. The summed E-state index contributed by atoms with van der Waals surface area (Å²) in [7, 11) is -3.72. The predicted octanol–water partition coefficient (Wildman–Crippen LogP) is 8.83. The molecule has 9 atom stereocenters. The highest BCUT2D eigenvalue weighted by molar-refractivity contribution is 7.91. The Balaban J connectivity index is 0.000000247. The predicted molar refractivity (Wildman–Crippen MR) is 298 cm³/mol. The van der Waals surface area contributed by atoms with E-state index in [1.54, 1.807) is 152 Å². The molecule has 2 fully saturated rings. The maximum Gasteiger partial charge on any atom is 0.338 e. The summed E-state index contributed by atoms with van der Waals surface area (Å²) in [6.07, 6.45) is -0.184. The SMILES string of the molecule is C=CC[C@@H]1O[C@H](C[C@@H](COC(=O)c2ccccc2)OC(=O)c2ccccc2)[C@H](O)/C1=C\c1ccccc1.C=CC[C@@H]1O[C@H](C[C@@H](COC(=O)c2ccccc2)OC(=O)c2ccccc2)[C@H](O)C1CS(=O)(=O)c1ccccc1.O=S=O. The van der Waals surface area contributed by atoms with Gasteiger partial charge in [-0.15, -0.1) is 13.2 Å². The molecule has 2 aliphatic heterocycles. The Morgan fingerprint density at radius 3 is 1.35 bits per heavy atom. The molecule has 2 heterocycles. The molecule has 6 aromatic carbocycles. The van der Waals surface area contributed by atoms with Gasteiger partial charge in [0.1, 0.15) is 31.5 Å². The highest BCUT2D eigenvalue weighted by Crippen LogP contribution is 2.36. The molecule has 16 nitrogen and oxygen atoms in total. The summed E-state index contributed by atoms with van der Waals surface area (Å²) in [6, 6.07) is 51.6. The first-order valence-electron chi connectivity index (χ1n) is 25.6. The number of carbonyl (C=O) groups is 4. The molecule has 1 unspecified atom stereocenters. The van der Waals surface area contributed by atoms with Crippen molar-refractivity contribution in [1.82, 2.24) is 0 Å². The lowest BCUT2D eigenvalue weighted by Crippen LogP contribution is -2.36. The first-order chi connectivity index (χ1) is 38.7. The van der Waals surface area contributed by atoms with Crippen LogP contribution in [0.25, 0.3) is 6.08 Å². The quantitative estimate of drug-likeness (QED) is 0.0367. The number of benzene rings is 6. The van der Waals surface area contributed by atoms with Crippen molar-refractivity contribution in [2.45, 2.75) is 79.4 Å². The van der Waals surface area contributed by atoms with Crippen molar-refractivity contribution in [3.05, 3.63) is 241 Å². The lowest BCUT2D eigenvalue weighted by atomic mass is 9.94. The number of ether oxygens (including phenoxy) is 6. The fourth-order valence-corrected chi connectivity index (χ4v) is 10.6. The van der Waals surface area contributed by atoms with Gasteiger partial charge in [-0.3, -0.25) is 0 Å². The second-order valence-electron chi connectivity index (χ2n) is 18.4. The molecule has 0 amide bonds. The molecular formula is C62H62O16S2. The van der Waals surface area contributed by atoms with Crippen LogP contribution in [0.1, 0.15) is 72.7 Å². The van der Waals surface area contributed by atoms with Crippen molar-refractivity contribution < 1.29 is 74.6 Å². The first kappa shape index (κ1) is 61.2. The number of rotatable bonds is 22. The fourth-order valence-electron chi connectivity index (χ4n) is 8.95. The third-order valence-corrected chi connectivity index (χ3v) is 14.7. The van der Waals surface area contributed by atoms with Crippen LogP contribution in [0.3, 0.4) is 0 Å². The Labute approximate surface area is 468 Å². The van der Waals surface area contributed by atoms with E-state index in [2.05, 4.69) is 13.2 Å². The molecule has 8 rings (SSSR count). The number of sulfone groups is 1. The molecular weight excluding hydrogens is 1060 g/mol. The highest BCUT2D eigenvalue weighted by Gasteiger charge is 2.46. The van der Waals surface area contributed by atoms with Gasteiger partial charge in [-0.1, -0.05) is 140 Å². The fraction of sp³-hybridized carbons (Fsp3) is 0.258. The largest absolute Gasteiger partial charge is 0.458 e.